The second-order valence-corrected chi connectivity index (χ2v) is 6.51. The number of hydrogen-bond donors (Lipinski definition) is 1. The van der Waals surface area contributed by atoms with Gasteiger partial charge in [0.1, 0.15) is 5.82 Å². The molecule has 0 saturated carbocycles. The summed E-state index contributed by atoms with van der Waals surface area (Å²) in [5, 5.41) is 8.51. The molecule has 1 heterocycles. The first-order valence-electron chi connectivity index (χ1n) is 7.87. The van der Waals surface area contributed by atoms with Crippen molar-refractivity contribution in [2.24, 2.45) is 5.10 Å². The molecule has 3 aromatic rings. The Hall–Kier alpha value is -2.80. The van der Waals surface area contributed by atoms with E-state index in [-0.39, 0.29) is 11.7 Å². The summed E-state index contributed by atoms with van der Waals surface area (Å²) in [7, 11) is 0. The fraction of sp³-hybridized carbons (Fsp3) is 0.105. The average molecular weight is 415 g/mol. The number of carbonyl (C=O) groups excluding carboxylic acids is 1. The van der Waals surface area contributed by atoms with E-state index in [1.165, 1.54) is 12.1 Å². The summed E-state index contributed by atoms with van der Waals surface area (Å²) < 4.78 is 15.5. The zero-order valence-corrected chi connectivity index (χ0v) is 15.8. The van der Waals surface area contributed by atoms with Gasteiger partial charge in [-0.2, -0.15) is 10.2 Å². The Morgan fingerprint density at radius 2 is 1.88 bits per heavy atom. The molecule has 0 unspecified atom stereocenters. The SMILES string of the molecule is Cc1nn(-c2ccc(F)cc2)c(C)c1/C=N\NC(=O)c1ccccc1Br. The molecule has 0 aliphatic heterocycles. The number of benzene rings is 2. The summed E-state index contributed by atoms with van der Waals surface area (Å²) in [5.41, 5.74) is 6.16. The van der Waals surface area contributed by atoms with Crippen molar-refractivity contribution < 1.29 is 9.18 Å². The van der Waals surface area contributed by atoms with Crippen LogP contribution in [0.2, 0.25) is 0 Å². The maximum absolute atomic E-state index is 13.1. The average Bonchev–Trinajstić information content (AvgIpc) is 2.91. The molecule has 1 N–H and O–H groups in total. The van der Waals surface area contributed by atoms with Crippen LogP contribution in [0.1, 0.15) is 27.3 Å². The Morgan fingerprint density at radius 3 is 2.58 bits per heavy atom. The minimum Gasteiger partial charge on any atom is -0.267 e. The topological polar surface area (TPSA) is 59.3 Å². The van der Waals surface area contributed by atoms with Gasteiger partial charge in [-0.05, 0) is 66.2 Å². The third kappa shape index (κ3) is 3.72. The zero-order valence-electron chi connectivity index (χ0n) is 14.2. The lowest BCUT2D eigenvalue weighted by molar-refractivity contribution is 0.0954. The van der Waals surface area contributed by atoms with Crippen molar-refractivity contribution in [2.45, 2.75) is 13.8 Å². The highest BCUT2D eigenvalue weighted by Crippen LogP contribution is 2.17. The van der Waals surface area contributed by atoms with Crippen molar-refractivity contribution in [3.8, 4) is 5.69 Å². The van der Waals surface area contributed by atoms with Crippen LogP contribution in [0.15, 0.2) is 58.1 Å². The molecule has 1 amide bonds. The molecule has 2 aromatic carbocycles. The van der Waals surface area contributed by atoms with E-state index in [0.29, 0.717) is 10.0 Å². The van der Waals surface area contributed by atoms with Crippen LogP contribution in [-0.2, 0) is 0 Å². The van der Waals surface area contributed by atoms with Gasteiger partial charge in [0.2, 0.25) is 0 Å². The number of nitrogens with zero attached hydrogens (tertiary/aromatic N) is 3. The van der Waals surface area contributed by atoms with E-state index in [9.17, 15) is 9.18 Å². The van der Waals surface area contributed by atoms with Crippen LogP contribution in [0.4, 0.5) is 4.39 Å². The Balaban J connectivity index is 1.80. The number of aromatic nitrogens is 2. The summed E-state index contributed by atoms with van der Waals surface area (Å²) >= 11 is 3.34. The second-order valence-electron chi connectivity index (χ2n) is 5.65. The van der Waals surface area contributed by atoms with E-state index < -0.39 is 0 Å². The first kappa shape index (κ1) is 18.0. The Morgan fingerprint density at radius 1 is 1.19 bits per heavy atom. The fourth-order valence-corrected chi connectivity index (χ4v) is 3.00. The smallest absolute Gasteiger partial charge is 0.267 e. The van der Waals surface area contributed by atoms with Crippen LogP contribution >= 0.6 is 15.9 Å². The molecule has 0 radical (unpaired) electrons. The van der Waals surface area contributed by atoms with E-state index in [0.717, 1.165) is 22.6 Å². The van der Waals surface area contributed by atoms with Gasteiger partial charge in [0.15, 0.2) is 0 Å². The standard InChI is InChI=1S/C19H16BrFN4O/c1-12-17(11-22-23-19(26)16-5-3-4-6-18(16)20)13(2)25(24-12)15-9-7-14(21)8-10-15/h3-11H,1-2H3,(H,23,26)/b22-11-. The minimum atomic E-state index is -0.310. The van der Waals surface area contributed by atoms with Gasteiger partial charge in [0.25, 0.3) is 5.91 Å². The van der Waals surface area contributed by atoms with E-state index in [2.05, 4.69) is 31.6 Å². The molecular weight excluding hydrogens is 399 g/mol. The normalized spacial score (nSPS) is 11.1. The fourth-order valence-electron chi connectivity index (χ4n) is 2.54. The molecule has 26 heavy (non-hydrogen) atoms. The largest absolute Gasteiger partial charge is 0.272 e. The Kier molecular flexibility index (Phi) is 5.27. The lowest BCUT2D eigenvalue weighted by atomic mass is 10.2. The molecule has 0 aliphatic carbocycles. The number of rotatable bonds is 4. The second kappa shape index (κ2) is 7.61. The predicted molar refractivity (Wildman–Crippen MR) is 102 cm³/mol. The molecule has 0 saturated heterocycles. The van der Waals surface area contributed by atoms with Gasteiger partial charge in [-0.15, -0.1) is 0 Å². The molecule has 7 heteroatoms. The first-order chi connectivity index (χ1) is 12.5. The van der Waals surface area contributed by atoms with E-state index >= 15 is 0 Å². The zero-order chi connectivity index (χ0) is 18.7. The van der Waals surface area contributed by atoms with Crippen molar-refractivity contribution in [1.82, 2.24) is 15.2 Å². The van der Waals surface area contributed by atoms with Crippen LogP contribution in [-0.4, -0.2) is 21.9 Å². The molecule has 0 bridgehead atoms. The molecule has 0 atom stereocenters. The molecule has 132 valence electrons. The quantitative estimate of drug-likeness (QED) is 0.514. The number of aryl methyl sites for hydroxylation is 1. The first-order valence-corrected chi connectivity index (χ1v) is 8.67. The summed E-state index contributed by atoms with van der Waals surface area (Å²) in [6, 6.07) is 13.2. The van der Waals surface area contributed by atoms with Gasteiger partial charge in [0, 0.05) is 10.0 Å². The third-order valence-corrected chi connectivity index (χ3v) is 4.59. The molecule has 0 fully saturated rings. The minimum absolute atomic E-state index is 0.299. The van der Waals surface area contributed by atoms with Crippen molar-refractivity contribution in [3.05, 3.63) is 81.3 Å². The highest BCUT2D eigenvalue weighted by atomic mass is 79.9. The predicted octanol–water partition coefficient (Wildman–Crippen LogP) is 4.15. The van der Waals surface area contributed by atoms with Crippen LogP contribution in [0.25, 0.3) is 5.69 Å². The molecular formula is C19H16BrFN4O. The third-order valence-electron chi connectivity index (χ3n) is 3.90. The van der Waals surface area contributed by atoms with E-state index in [4.69, 9.17) is 0 Å². The number of nitrogens with one attached hydrogen (secondary N) is 1. The molecule has 1 aromatic heterocycles. The summed E-state index contributed by atoms with van der Waals surface area (Å²) in [6.45, 7) is 3.74. The lowest BCUT2D eigenvalue weighted by Crippen LogP contribution is -2.18. The van der Waals surface area contributed by atoms with Crippen molar-refractivity contribution in [2.75, 3.05) is 0 Å². The maximum Gasteiger partial charge on any atom is 0.272 e. The monoisotopic (exact) mass is 414 g/mol. The molecule has 5 nitrogen and oxygen atoms in total. The number of hydrogen-bond acceptors (Lipinski definition) is 3. The number of carbonyl (C=O) groups is 1. The number of amides is 1. The van der Waals surface area contributed by atoms with Crippen LogP contribution in [0.5, 0.6) is 0 Å². The van der Waals surface area contributed by atoms with Gasteiger partial charge in [-0.3, -0.25) is 4.79 Å². The van der Waals surface area contributed by atoms with Gasteiger partial charge in [-0.1, -0.05) is 12.1 Å². The number of halogens is 2. The molecule has 0 spiro atoms. The van der Waals surface area contributed by atoms with Gasteiger partial charge >= 0.3 is 0 Å². The van der Waals surface area contributed by atoms with Crippen LogP contribution < -0.4 is 5.43 Å². The van der Waals surface area contributed by atoms with Crippen LogP contribution in [0.3, 0.4) is 0 Å². The van der Waals surface area contributed by atoms with E-state index in [1.54, 1.807) is 41.2 Å². The Labute approximate surface area is 158 Å². The highest BCUT2D eigenvalue weighted by molar-refractivity contribution is 9.10. The van der Waals surface area contributed by atoms with Gasteiger partial charge < -0.3 is 0 Å². The van der Waals surface area contributed by atoms with Crippen molar-refractivity contribution in [3.63, 3.8) is 0 Å². The van der Waals surface area contributed by atoms with E-state index in [1.807, 2.05) is 19.9 Å². The van der Waals surface area contributed by atoms with Gasteiger partial charge in [-0.25, -0.2) is 14.5 Å². The Bertz CT molecular complexity index is 980. The maximum atomic E-state index is 13.1. The summed E-state index contributed by atoms with van der Waals surface area (Å²) in [6.07, 6.45) is 1.56. The summed E-state index contributed by atoms with van der Waals surface area (Å²) in [4.78, 5) is 12.2. The van der Waals surface area contributed by atoms with Crippen molar-refractivity contribution >= 4 is 28.1 Å². The van der Waals surface area contributed by atoms with Crippen LogP contribution in [0, 0.1) is 19.7 Å². The van der Waals surface area contributed by atoms with Gasteiger partial charge in [0.05, 0.1) is 28.9 Å². The lowest BCUT2D eigenvalue weighted by Gasteiger charge is -2.04. The summed E-state index contributed by atoms with van der Waals surface area (Å²) in [5.74, 6) is -0.609. The molecule has 0 aliphatic rings. The van der Waals surface area contributed by atoms with Crippen molar-refractivity contribution in [1.29, 1.82) is 0 Å². The highest BCUT2D eigenvalue weighted by Gasteiger charge is 2.12. The number of hydrazone groups is 1. The molecule has 3 rings (SSSR count).